The van der Waals surface area contributed by atoms with Gasteiger partial charge in [-0.3, -0.25) is 0 Å². The van der Waals surface area contributed by atoms with E-state index in [2.05, 4.69) is 19.7 Å². The number of methoxy groups -OCH3 is 1. The quantitative estimate of drug-likeness (QED) is 0.744. The molecular weight excluding hydrogens is 365 g/mol. The number of aromatic nitrogens is 2. The fraction of sp³-hybridized carbons (Fsp3) is 0.267. The number of benzene rings is 1. The highest BCUT2D eigenvalue weighted by atomic mass is 35.5. The Morgan fingerprint density at radius 1 is 1.20 bits per heavy atom. The van der Waals surface area contributed by atoms with E-state index in [1.54, 1.807) is 0 Å². The summed E-state index contributed by atoms with van der Waals surface area (Å²) in [4.78, 5) is 11.9. The fourth-order valence-corrected chi connectivity index (χ4v) is 2.06. The Kier molecular flexibility index (Phi) is 5.36. The number of aryl methyl sites for hydroxylation is 1. The van der Waals surface area contributed by atoms with Gasteiger partial charge in [-0.05, 0) is 37.6 Å². The van der Waals surface area contributed by atoms with Crippen LogP contribution in [0.25, 0.3) is 0 Å². The highest BCUT2D eigenvalue weighted by molar-refractivity contribution is 6.30. The van der Waals surface area contributed by atoms with Crippen molar-refractivity contribution in [3.8, 4) is 17.4 Å². The smallest absolute Gasteiger partial charge is 0.465 e. The second kappa shape index (κ2) is 7.14. The maximum Gasteiger partial charge on any atom is 0.573 e. The van der Waals surface area contributed by atoms with Crippen LogP contribution in [-0.2, 0) is 4.74 Å². The summed E-state index contributed by atoms with van der Waals surface area (Å²) in [6.45, 7) is 3.04. The fourth-order valence-electron chi connectivity index (χ4n) is 1.93. The van der Waals surface area contributed by atoms with Crippen molar-refractivity contribution in [2.45, 2.75) is 20.2 Å². The van der Waals surface area contributed by atoms with Gasteiger partial charge in [-0.25, -0.2) is 4.79 Å². The molecule has 0 fully saturated rings. The Balaban J connectivity index is 2.37. The number of rotatable bonds is 4. The van der Waals surface area contributed by atoms with Gasteiger partial charge in [-0.15, -0.1) is 23.4 Å². The van der Waals surface area contributed by atoms with Gasteiger partial charge in [0.1, 0.15) is 17.1 Å². The molecule has 1 heterocycles. The number of carbonyl (C=O) groups excluding carboxylic acids is 1. The number of carbonyl (C=O) groups is 1. The van der Waals surface area contributed by atoms with Crippen molar-refractivity contribution in [2.24, 2.45) is 0 Å². The molecule has 0 aliphatic heterocycles. The van der Waals surface area contributed by atoms with E-state index in [4.69, 9.17) is 16.3 Å². The Morgan fingerprint density at radius 3 is 2.44 bits per heavy atom. The zero-order valence-corrected chi connectivity index (χ0v) is 14.0. The zero-order valence-electron chi connectivity index (χ0n) is 13.3. The molecule has 1 aromatic heterocycles. The van der Waals surface area contributed by atoms with Crippen molar-refractivity contribution in [2.75, 3.05) is 7.11 Å². The molecular formula is C15H12ClF3N2O4. The van der Waals surface area contributed by atoms with E-state index >= 15 is 0 Å². The molecule has 0 amide bonds. The average molecular weight is 377 g/mol. The molecule has 0 unspecified atom stereocenters. The molecule has 0 radical (unpaired) electrons. The molecule has 10 heteroatoms. The molecule has 0 N–H and O–H groups in total. The first-order valence-corrected chi connectivity index (χ1v) is 7.15. The van der Waals surface area contributed by atoms with E-state index in [1.807, 2.05) is 0 Å². The largest absolute Gasteiger partial charge is 0.573 e. The lowest BCUT2D eigenvalue weighted by atomic mass is 10.2. The second-order valence-corrected chi connectivity index (χ2v) is 5.22. The lowest BCUT2D eigenvalue weighted by Crippen LogP contribution is -2.17. The first-order chi connectivity index (χ1) is 11.6. The van der Waals surface area contributed by atoms with Crippen LogP contribution in [0, 0.1) is 13.8 Å². The number of nitrogens with zero attached hydrogens (tertiary/aromatic N) is 2. The summed E-state index contributed by atoms with van der Waals surface area (Å²) < 4.78 is 50.7. The van der Waals surface area contributed by atoms with Crippen molar-refractivity contribution >= 4 is 17.6 Å². The lowest BCUT2D eigenvalue weighted by molar-refractivity contribution is -0.274. The molecule has 0 saturated heterocycles. The van der Waals surface area contributed by atoms with E-state index in [-0.39, 0.29) is 22.3 Å². The van der Waals surface area contributed by atoms with Gasteiger partial charge in [-0.1, -0.05) is 11.6 Å². The van der Waals surface area contributed by atoms with Crippen LogP contribution in [0.15, 0.2) is 18.2 Å². The van der Waals surface area contributed by atoms with Crippen LogP contribution >= 0.6 is 11.6 Å². The molecule has 134 valence electrons. The van der Waals surface area contributed by atoms with E-state index < -0.39 is 18.1 Å². The molecule has 0 aliphatic carbocycles. The first-order valence-electron chi connectivity index (χ1n) is 6.77. The van der Waals surface area contributed by atoms with Crippen LogP contribution in [0.3, 0.4) is 0 Å². The van der Waals surface area contributed by atoms with Gasteiger partial charge in [-0.2, -0.15) is 0 Å². The molecule has 0 atom stereocenters. The third kappa shape index (κ3) is 4.50. The summed E-state index contributed by atoms with van der Waals surface area (Å²) in [6.07, 6.45) is -4.80. The maximum absolute atomic E-state index is 12.2. The molecule has 0 bridgehead atoms. The highest BCUT2D eigenvalue weighted by Gasteiger charge is 2.31. The topological polar surface area (TPSA) is 70.5 Å². The molecule has 0 aliphatic rings. The Bertz CT molecular complexity index is 812. The van der Waals surface area contributed by atoms with Gasteiger partial charge in [0, 0.05) is 5.56 Å². The molecule has 0 saturated carbocycles. The van der Waals surface area contributed by atoms with Gasteiger partial charge in [0.2, 0.25) is 0 Å². The second-order valence-electron chi connectivity index (χ2n) is 4.86. The number of hydrogen-bond donors (Lipinski definition) is 0. The van der Waals surface area contributed by atoms with Crippen molar-refractivity contribution in [1.29, 1.82) is 0 Å². The summed E-state index contributed by atoms with van der Waals surface area (Å²) >= 11 is 5.84. The van der Waals surface area contributed by atoms with Crippen LogP contribution in [-0.4, -0.2) is 29.6 Å². The minimum Gasteiger partial charge on any atom is -0.465 e. The average Bonchev–Trinajstić information content (AvgIpc) is 2.51. The molecule has 6 nitrogen and oxygen atoms in total. The normalized spacial score (nSPS) is 11.2. The van der Waals surface area contributed by atoms with E-state index in [1.165, 1.54) is 27.0 Å². The zero-order chi connectivity index (χ0) is 18.8. The van der Waals surface area contributed by atoms with Crippen LogP contribution < -0.4 is 9.47 Å². The highest BCUT2D eigenvalue weighted by Crippen LogP contribution is 2.33. The lowest BCUT2D eigenvalue weighted by Gasteiger charge is -2.14. The van der Waals surface area contributed by atoms with Gasteiger partial charge in [0.05, 0.1) is 7.11 Å². The monoisotopic (exact) mass is 376 g/mol. The Morgan fingerprint density at radius 2 is 1.88 bits per heavy atom. The molecule has 0 spiro atoms. The van der Waals surface area contributed by atoms with Crippen LogP contribution in [0.1, 0.15) is 21.5 Å². The predicted octanol–water partition coefficient (Wildman–Crippen LogP) is 4.22. The minimum absolute atomic E-state index is 0.00148. The van der Waals surface area contributed by atoms with Crippen LogP contribution in [0.5, 0.6) is 17.4 Å². The third-order valence-corrected chi connectivity index (χ3v) is 3.46. The van der Waals surface area contributed by atoms with Crippen LogP contribution in [0.4, 0.5) is 13.2 Å². The number of alkyl halides is 3. The molecule has 25 heavy (non-hydrogen) atoms. The molecule has 1 aromatic carbocycles. The summed E-state index contributed by atoms with van der Waals surface area (Å²) in [7, 11) is 1.18. The van der Waals surface area contributed by atoms with Gasteiger partial charge < -0.3 is 14.2 Å². The molecule has 2 rings (SSSR count). The number of halogens is 4. The standard InChI is InChI=1S/C15H12ClF3N2O4/c1-7-6-9(25-15(17,18)19)4-5-10(7)24-13-11(14(22)23-3)8(2)12(16)20-21-13/h4-6H,1-3H3. The molecule has 2 aromatic rings. The van der Waals surface area contributed by atoms with Gasteiger partial charge in [0.15, 0.2) is 5.15 Å². The summed E-state index contributed by atoms with van der Waals surface area (Å²) in [5.41, 5.74) is 0.595. The van der Waals surface area contributed by atoms with E-state index in [9.17, 15) is 18.0 Å². The predicted molar refractivity (Wildman–Crippen MR) is 81.1 cm³/mol. The van der Waals surface area contributed by atoms with Crippen molar-refractivity contribution in [1.82, 2.24) is 10.2 Å². The van der Waals surface area contributed by atoms with Crippen molar-refractivity contribution in [3.63, 3.8) is 0 Å². The minimum atomic E-state index is -4.80. The number of ether oxygens (including phenoxy) is 3. The summed E-state index contributed by atoms with van der Waals surface area (Å²) in [5.74, 6) is -1.15. The number of esters is 1. The Labute approximate surface area is 145 Å². The van der Waals surface area contributed by atoms with Crippen molar-refractivity contribution < 1.29 is 32.2 Å². The first kappa shape index (κ1) is 18.8. The van der Waals surface area contributed by atoms with E-state index in [0.717, 1.165) is 12.1 Å². The third-order valence-electron chi connectivity index (χ3n) is 3.10. The summed E-state index contributed by atoms with van der Waals surface area (Å²) in [5, 5.41) is 7.37. The number of hydrogen-bond acceptors (Lipinski definition) is 6. The maximum atomic E-state index is 12.2. The SMILES string of the molecule is COC(=O)c1c(Oc2ccc(OC(F)(F)F)cc2C)nnc(Cl)c1C. The Hall–Kier alpha value is -2.55. The van der Waals surface area contributed by atoms with Crippen molar-refractivity contribution in [3.05, 3.63) is 40.0 Å². The van der Waals surface area contributed by atoms with Gasteiger partial charge >= 0.3 is 12.3 Å². The van der Waals surface area contributed by atoms with E-state index in [0.29, 0.717) is 11.1 Å². The summed E-state index contributed by atoms with van der Waals surface area (Å²) in [6, 6.07) is 3.46. The van der Waals surface area contributed by atoms with Gasteiger partial charge in [0.25, 0.3) is 5.88 Å². The van der Waals surface area contributed by atoms with Crippen LogP contribution in [0.2, 0.25) is 5.15 Å².